The summed E-state index contributed by atoms with van der Waals surface area (Å²) in [6.45, 7) is 2.04. The highest BCUT2D eigenvalue weighted by Gasteiger charge is 2.15. The van der Waals surface area contributed by atoms with Gasteiger partial charge in [0.1, 0.15) is 0 Å². The molecule has 2 rings (SSSR count). The number of alkyl halides is 1. The third-order valence-electron chi connectivity index (χ3n) is 2.39. The highest BCUT2D eigenvalue weighted by molar-refractivity contribution is 7.22. The summed E-state index contributed by atoms with van der Waals surface area (Å²) in [4.78, 5) is 26.4. The van der Waals surface area contributed by atoms with E-state index in [1.54, 1.807) is 0 Å². The average molecular weight is 299 g/mol. The first-order valence-corrected chi connectivity index (χ1v) is 6.84. The number of hydrogen-bond donors (Lipinski definition) is 1. The zero-order valence-electron chi connectivity index (χ0n) is 10.1. The molecule has 19 heavy (non-hydrogen) atoms. The number of amides is 2. The number of aromatic nitrogens is 1. The summed E-state index contributed by atoms with van der Waals surface area (Å²) in [5, 5.41) is 6.29. The van der Waals surface area contributed by atoms with Gasteiger partial charge in [0.25, 0.3) is 0 Å². The summed E-state index contributed by atoms with van der Waals surface area (Å²) in [6, 6.07) is 5.18. The number of nitrogens with one attached hydrogen (secondary N) is 1. The number of aryl methyl sites for hydroxylation is 1. The van der Waals surface area contributed by atoms with Gasteiger partial charge >= 0.3 is 6.03 Å². The number of anilines is 1. The van der Waals surface area contributed by atoms with Crippen LogP contribution in [0.4, 0.5) is 9.93 Å². The molecule has 0 saturated carbocycles. The van der Waals surface area contributed by atoms with Gasteiger partial charge in [-0.2, -0.15) is 5.01 Å². The van der Waals surface area contributed by atoms with E-state index in [9.17, 15) is 9.70 Å². The van der Waals surface area contributed by atoms with E-state index in [1.807, 2.05) is 25.1 Å². The quantitative estimate of drug-likeness (QED) is 0.534. The van der Waals surface area contributed by atoms with Crippen molar-refractivity contribution < 1.29 is 4.79 Å². The SMILES string of the molecule is Cc1ccc2nc(NC(=O)N(CCCl)N=O)sc2c1. The molecule has 2 amide bonds. The molecular formula is C11H11ClN4O2S. The number of carbonyl (C=O) groups is 1. The summed E-state index contributed by atoms with van der Waals surface area (Å²) in [5.74, 6) is 0.137. The van der Waals surface area contributed by atoms with Gasteiger partial charge < -0.3 is 0 Å². The molecule has 1 aromatic carbocycles. The summed E-state index contributed by atoms with van der Waals surface area (Å²) >= 11 is 6.81. The molecule has 100 valence electrons. The van der Waals surface area contributed by atoms with Gasteiger partial charge in [-0.1, -0.05) is 17.4 Å². The number of nitrogens with zero attached hydrogens (tertiary/aromatic N) is 3. The van der Waals surface area contributed by atoms with E-state index in [2.05, 4.69) is 15.6 Å². The normalized spacial score (nSPS) is 10.4. The van der Waals surface area contributed by atoms with Crippen LogP contribution in [0.3, 0.4) is 0 Å². The molecule has 0 aliphatic rings. The summed E-state index contributed by atoms with van der Waals surface area (Å²) < 4.78 is 0.971. The van der Waals surface area contributed by atoms with E-state index in [0.717, 1.165) is 20.8 Å². The second-order valence-electron chi connectivity index (χ2n) is 3.81. The van der Waals surface area contributed by atoms with Crippen LogP contribution < -0.4 is 5.32 Å². The third-order valence-corrected chi connectivity index (χ3v) is 3.49. The number of hydrogen-bond acceptors (Lipinski definition) is 5. The molecule has 0 bridgehead atoms. The lowest BCUT2D eigenvalue weighted by molar-refractivity contribution is 0.216. The Labute approximate surface area is 118 Å². The van der Waals surface area contributed by atoms with E-state index >= 15 is 0 Å². The number of thiazole rings is 1. The minimum atomic E-state index is -0.633. The Morgan fingerprint density at radius 2 is 2.37 bits per heavy atom. The number of benzene rings is 1. The van der Waals surface area contributed by atoms with E-state index in [4.69, 9.17) is 11.6 Å². The Balaban J connectivity index is 2.16. The minimum Gasteiger partial charge on any atom is -0.282 e. The highest BCUT2D eigenvalue weighted by atomic mass is 35.5. The van der Waals surface area contributed by atoms with Crippen molar-refractivity contribution in [3.05, 3.63) is 28.7 Å². The first-order valence-electron chi connectivity index (χ1n) is 5.49. The maximum absolute atomic E-state index is 11.7. The number of fused-ring (bicyclic) bond motifs is 1. The number of urea groups is 1. The Morgan fingerprint density at radius 1 is 1.58 bits per heavy atom. The van der Waals surface area contributed by atoms with Crippen molar-refractivity contribution in [2.45, 2.75) is 6.92 Å². The Bertz CT molecular complexity index is 616. The molecule has 8 heteroatoms. The van der Waals surface area contributed by atoms with Crippen LogP contribution in [0.15, 0.2) is 23.5 Å². The maximum Gasteiger partial charge on any atom is 0.346 e. The number of carbonyl (C=O) groups excluding carboxylic acids is 1. The van der Waals surface area contributed by atoms with Crippen LogP contribution >= 0.6 is 22.9 Å². The Kier molecular flexibility index (Phi) is 4.28. The molecule has 1 aromatic heterocycles. The molecule has 0 aliphatic carbocycles. The van der Waals surface area contributed by atoms with Crippen molar-refractivity contribution in [3.8, 4) is 0 Å². The molecule has 0 unspecified atom stereocenters. The Hall–Kier alpha value is -1.73. The van der Waals surface area contributed by atoms with Crippen molar-refractivity contribution in [3.63, 3.8) is 0 Å². The maximum atomic E-state index is 11.7. The summed E-state index contributed by atoms with van der Waals surface area (Å²) in [5.41, 5.74) is 1.92. The third kappa shape index (κ3) is 3.18. The lowest BCUT2D eigenvalue weighted by atomic mass is 10.2. The fourth-order valence-corrected chi connectivity index (χ4v) is 2.61. The van der Waals surface area contributed by atoms with Gasteiger partial charge in [-0.25, -0.2) is 9.78 Å². The van der Waals surface area contributed by atoms with Gasteiger partial charge in [0.05, 0.1) is 22.0 Å². The van der Waals surface area contributed by atoms with Crippen LogP contribution in [0, 0.1) is 11.8 Å². The Morgan fingerprint density at radius 3 is 3.05 bits per heavy atom. The van der Waals surface area contributed by atoms with Crippen molar-refractivity contribution in [2.75, 3.05) is 17.7 Å². The van der Waals surface area contributed by atoms with E-state index in [-0.39, 0.29) is 12.4 Å². The molecule has 0 radical (unpaired) electrons. The predicted octanol–water partition coefficient (Wildman–Crippen LogP) is 3.36. The predicted molar refractivity (Wildman–Crippen MR) is 76.6 cm³/mol. The van der Waals surface area contributed by atoms with Gasteiger partial charge in [0.15, 0.2) is 5.13 Å². The van der Waals surface area contributed by atoms with Gasteiger partial charge in [0.2, 0.25) is 0 Å². The van der Waals surface area contributed by atoms with Crippen molar-refractivity contribution in [2.24, 2.45) is 5.29 Å². The molecule has 0 fully saturated rings. The lowest BCUT2D eigenvalue weighted by Gasteiger charge is -2.10. The topological polar surface area (TPSA) is 74.7 Å². The molecule has 1 N–H and O–H groups in total. The first-order chi connectivity index (χ1) is 9.13. The molecule has 1 heterocycles. The van der Waals surface area contributed by atoms with Crippen LogP contribution in [0.25, 0.3) is 10.2 Å². The fourth-order valence-electron chi connectivity index (χ4n) is 1.50. The van der Waals surface area contributed by atoms with E-state index in [0.29, 0.717) is 5.13 Å². The van der Waals surface area contributed by atoms with Gasteiger partial charge in [-0.05, 0) is 24.6 Å². The first kappa shape index (κ1) is 13.7. The van der Waals surface area contributed by atoms with Crippen molar-refractivity contribution in [1.82, 2.24) is 9.99 Å². The lowest BCUT2D eigenvalue weighted by Crippen LogP contribution is -2.31. The highest BCUT2D eigenvalue weighted by Crippen LogP contribution is 2.26. The zero-order chi connectivity index (χ0) is 13.8. The van der Waals surface area contributed by atoms with Gasteiger partial charge in [0, 0.05) is 5.88 Å². The number of nitroso groups, excluding NO2 is 1. The largest absolute Gasteiger partial charge is 0.346 e. The molecular weight excluding hydrogens is 288 g/mol. The standard InChI is InChI=1S/C11H11ClN4O2S/c1-7-2-3-8-9(6-7)19-10(13-8)14-11(17)16(15-18)5-4-12/h2-3,6H,4-5H2,1H3,(H,13,14,17). The summed E-state index contributed by atoms with van der Waals surface area (Å²) in [7, 11) is 0. The average Bonchev–Trinajstić information content (AvgIpc) is 2.76. The fraction of sp³-hybridized carbons (Fsp3) is 0.273. The molecule has 0 atom stereocenters. The molecule has 0 saturated heterocycles. The van der Waals surface area contributed by atoms with Crippen LogP contribution in [0.2, 0.25) is 0 Å². The van der Waals surface area contributed by atoms with Crippen molar-refractivity contribution in [1.29, 1.82) is 0 Å². The van der Waals surface area contributed by atoms with Gasteiger partial charge in [-0.15, -0.1) is 16.5 Å². The van der Waals surface area contributed by atoms with E-state index < -0.39 is 6.03 Å². The number of rotatable bonds is 4. The smallest absolute Gasteiger partial charge is 0.282 e. The second-order valence-corrected chi connectivity index (χ2v) is 5.22. The monoisotopic (exact) mass is 298 g/mol. The van der Waals surface area contributed by atoms with Gasteiger partial charge in [-0.3, -0.25) is 5.32 Å². The second kappa shape index (κ2) is 5.94. The van der Waals surface area contributed by atoms with E-state index in [1.165, 1.54) is 11.3 Å². The van der Waals surface area contributed by atoms with Crippen LogP contribution in [0.5, 0.6) is 0 Å². The minimum absolute atomic E-state index is 0.0564. The summed E-state index contributed by atoms with van der Waals surface area (Å²) in [6.07, 6.45) is 0. The molecule has 2 aromatic rings. The van der Waals surface area contributed by atoms with Crippen LogP contribution in [0.1, 0.15) is 5.56 Å². The van der Waals surface area contributed by atoms with Crippen LogP contribution in [-0.4, -0.2) is 28.4 Å². The molecule has 0 aliphatic heterocycles. The van der Waals surface area contributed by atoms with Crippen LogP contribution in [-0.2, 0) is 0 Å². The molecule has 0 spiro atoms. The number of halogens is 1. The molecule has 6 nitrogen and oxygen atoms in total. The van der Waals surface area contributed by atoms with Crippen molar-refractivity contribution >= 4 is 44.3 Å². The zero-order valence-corrected chi connectivity index (χ0v) is 11.7.